The van der Waals surface area contributed by atoms with Crippen LogP contribution in [0.5, 0.6) is 0 Å². The zero-order valence-electron chi connectivity index (χ0n) is 20.2. The number of nitrogens with zero attached hydrogens (tertiary/aromatic N) is 3. The number of non-ortho nitro benzene ring substituents is 1. The van der Waals surface area contributed by atoms with Gasteiger partial charge in [-0.1, -0.05) is 42.5 Å². The van der Waals surface area contributed by atoms with Gasteiger partial charge in [-0.3, -0.25) is 29.3 Å². The molecule has 2 saturated heterocycles. The molecule has 0 aliphatic carbocycles. The van der Waals surface area contributed by atoms with E-state index >= 15 is 0 Å². The zero-order valence-corrected chi connectivity index (χ0v) is 20.2. The summed E-state index contributed by atoms with van der Waals surface area (Å²) in [6.45, 7) is 1.43. The summed E-state index contributed by atoms with van der Waals surface area (Å²) in [6, 6.07) is 17.5. The van der Waals surface area contributed by atoms with Crippen molar-refractivity contribution in [3.05, 3.63) is 106 Å². The standard InChI is InChI=1S/C29H21N3O6/c1-16(33)17-9-12-20(13-10-17)30-28(35)24-23-14-11-18-5-2-3-8-22(18)31(23)26(25(24)29(30)36)27(34)19-6-4-7-21(15-19)32(37)38/h2-15,23-26H,1H3/t23-,24+,25+,26-/m0/s1. The molecule has 3 aromatic carbocycles. The normalized spacial score (nSPS) is 23.2. The van der Waals surface area contributed by atoms with Crippen LogP contribution in [0, 0.1) is 22.0 Å². The number of carbonyl (C=O) groups is 4. The number of hydrogen-bond donors (Lipinski definition) is 0. The Morgan fingerprint density at radius 3 is 2.29 bits per heavy atom. The van der Waals surface area contributed by atoms with Gasteiger partial charge in [0.2, 0.25) is 11.8 Å². The van der Waals surface area contributed by atoms with Crippen LogP contribution in [0.4, 0.5) is 17.1 Å². The van der Waals surface area contributed by atoms with Crippen molar-refractivity contribution in [1.82, 2.24) is 0 Å². The third-order valence-electron chi connectivity index (χ3n) is 7.56. The summed E-state index contributed by atoms with van der Waals surface area (Å²) in [4.78, 5) is 67.2. The number of rotatable bonds is 5. The van der Waals surface area contributed by atoms with Gasteiger partial charge in [0.05, 0.1) is 28.5 Å². The van der Waals surface area contributed by atoms with Crippen LogP contribution in [0.1, 0.15) is 33.2 Å². The molecule has 3 aliphatic rings. The minimum atomic E-state index is -1.05. The fourth-order valence-electron chi connectivity index (χ4n) is 5.86. The van der Waals surface area contributed by atoms with Crippen LogP contribution in [0.3, 0.4) is 0 Å². The van der Waals surface area contributed by atoms with E-state index in [4.69, 9.17) is 0 Å². The highest BCUT2D eigenvalue weighted by molar-refractivity contribution is 6.25. The Hall–Kier alpha value is -4.92. The van der Waals surface area contributed by atoms with Gasteiger partial charge in [-0.2, -0.15) is 0 Å². The van der Waals surface area contributed by atoms with E-state index in [0.29, 0.717) is 11.3 Å². The van der Waals surface area contributed by atoms with Gasteiger partial charge in [0, 0.05) is 28.9 Å². The SMILES string of the molecule is CC(=O)c1ccc(N2C(=O)[C@@H]3[C@H](C2=O)[C@@H]2C=Cc4ccccc4N2[C@@H]3C(=O)c2cccc([N+](=O)[O-])c2)cc1. The molecule has 0 unspecified atom stereocenters. The summed E-state index contributed by atoms with van der Waals surface area (Å²) in [6.07, 6.45) is 3.73. The monoisotopic (exact) mass is 507 g/mol. The molecule has 188 valence electrons. The van der Waals surface area contributed by atoms with E-state index in [1.807, 2.05) is 41.3 Å². The fraction of sp³-hybridized carbons (Fsp3) is 0.172. The van der Waals surface area contributed by atoms with Crippen LogP contribution in [0.2, 0.25) is 0 Å². The number of anilines is 2. The topological polar surface area (TPSA) is 118 Å². The quantitative estimate of drug-likeness (QED) is 0.221. The predicted molar refractivity (Wildman–Crippen MR) is 139 cm³/mol. The molecule has 3 aliphatic heterocycles. The summed E-state index contributed by atoms with van der Waals surface area (Å²) in [7, 11) is 0. The molecule has 4 atom stereocenters. The predicted octanol–water partition coefficient (Wildman–Crippen LogP) is 4.07. The second kappa shape index (κ2) is 8.58. The van der Waals surface area contributed by atoms with Crippen molar-refractivity contribution in [2.45, 2.75) is 19.0 Å². The highest BCUT2D eigenvalue weighted by Gasteiger charge is 2.64. The number of ketones is 2. The molecule has 2 fully saturated rings. The highest BCUT2D eigenvalue weighted by Crippen LogP contribution is 2.49. The van der Waals surface area contributed by atoms with Gasteiger partial charge in [-0.05, 0) is 42.8 Å². The highest BCUT2D eigenvalue weighted by atomic mass is 16.6. The lowest BCUT2D eigenvalue weighted by atomic mass is 9.86. The molecule has 3 aromatic rings. The molecule has 0 saturated carbocycles. The Balaban J connectivity index is 1.47. The lowest BCUT2D eigenvalue weighted by molar-refractivity contribution is -0.384. The number of carbonyl (C=O) groups excluding carboxylic acids is 4. The number of nitro benzene ring substituents is 1. The molecule has 0 N–H and O–H groups in total. The Bertz CT molecular complexity index is 1580. The first-order valence-corrected chi connectivity index (χ1v) is 12.1. The summed E-state index contributed by atoms with van der Waals surface area (Å²) >= 11 is 0. The number of amides is 2. The van der Waals surface area contributed by atoms with Crippen molar-refractivity contribution in [2.24, 2.45) is 11.8 Å². The summed E-state index contributed by atoms with van der Waals surface area (Å²) in [5.41, 5.74) is 2.20. The maximum absolute atomic E-state index is 14.0. The fourth-order valence-corrected chi connectivity index (χ4v) is 5.86. The first-order chi connectivity index (χ1) is 18.3. The van der Waals surface area contributed by atoms with Gasteiger partial charge in [0.25, 0.3) is 5.69 Å². The third kappa shape index (κ3) is 3.39. The lowest BCUT2D eigenvalue weighted by Gasteiger charge is -2.36. The maximum atomic E-state index is 14.0. The van der Waals surface area contributed by atoms with E-state index in [2.05, 4.69) is 0 Å². The van der Waals surface area contributed by atoms with Gasteiger partial charge in [-0.25, -0.2) is 4.90 Å². The van der Waals surface area contributed by atoms with Crippen LogP contribution in [0.25, 0.3) is 6.08 Å². The first kappa shape index (κ1) is 23.5. The van der Waals surface area contributed by atoms with Gasteiger partial charge < -0.3 is 4.90 Å². The molecule has 38 heavy (non-hydrogen) atoms. The molecule has 0 radical (unpaired) electrons. The van der Waals surface area contributed by atoms with Crippen molar-refractivity contribution >= 4 is 46.5 Å². The Morgan fingerprint density at radius 2 is 1.58 bits per heavy atom. The first-order valence-electron chi connectivity index (χ1n) is 12.1. The molecule has 0 aromatic heterocycles. The largest absolute Gasteiger partial charge is 0.352 e. The van der Waals surface area contributed by atoms with Crippen molar-refractivity contribution in [3.63, 3.8) is 0 Å². The van der Waals surface area contributed by atoms with Gasteiger partial charge in [0.1, 0.15) is 6.04 Å². The Labute approximate surface area is 217 Å². The number of hydrogen-bond acceptors (Lipinski definition) is 7. The second-order valence-electron chi connectivity index (χ2n) is 9.60. The van der Waals surface area contributed by atoms with Gasteiger partial charge in [-0.15, -0.1) is 0 Å². The molecule has 3 heterocycles. The van der Waals surface area contributed by atoms with E-state index in [1.54, 1.807) is 24.3 Å². The average Bonchev–Trinajstić information content (AvgIpc) is 3.40. The van der Waals surface area contributed by atoms with Crippen molar-refractivity contribution < 1.29 is 24.1 Å². The molecule has 0 spiro atoms. The number of para-hydroxylation sites is 1. The van der Waals surface area contributed by atoms with Crippen LogP contribution < -0.4 is 9.80 Å². The van der Waals surface area contributed by atoms with Crippen LogP contribution in [0.15, 0.2) is 78.9 Å². The molecule has 9 nitrogen and oxygen atoms in total. The molecular weight excluding hydrogens is 486 g/mol. The summed E-state index contributed by atoms with van der Waals surface area (Å²) in [5.74, 6) is -3.37. The maximum Gasteiger partial charge on any atom is 0.270 e. The number of benzene rings is 3. The van der Waals surface area contributed by atoms with Gasteiger partial charge in [0.15, 0.2) is 11.6 Å². The zero-order chi connectivity index (χ0) is 26.7. The molecule has 9 heteroatoms. The van der Waals surface area contributed by atoms with Gasteiger partial charge >= 0.3 is 0 Å². The smallest absolute Gasteiger partial charge is 0.270 e. The average molecular weight is 508 g/mol. The number of imide groups is 1. The lowest BCUT2D eigenvalue weighted by Crippen LogP contribution is -2.48. The second-order valence-corrected chi connectivity index (χ2v) is 9.60. The Morgan fingerprint density at radius 1 is 0.868 bits per heavy atom. The van der Waals surface area contributed by atoms with E-state index < -0.39 is 46.4 Å². The van der Waals surface area contributed by atoms with E-state index in [-0.39, 0.29) is 17.0 Å². The minimum Gasteiger partial charge on any atom is -0.352 e. The van der Waals surface area contributed by atoms with E-state index in [9.17, 15) is 29.3 Å². The molecule has 0 bridgehead atoms. The van der Waals surface area contributed by atoms with E-state index in [1.165, 1.54) is 31.2 Å². The van der Waals surface area contributed by atoms with Crippen LogP contribution in [-0.2, 0) is 9.59 Å². The molecule has 6 rings (SSSR count). The van der Waals surface area contributed by atoms with Crippen molar-refractivity contribution in [1.29, 1.82) is 0 Å². The number of nitro groups is 1. The number of Topliss-reactive ketones (excluding diaryl/α,β-unsaturated/α-hetero) is 2. The van der Waals surface area contributed by atoms with Crippen molar-refractivity contribution in [3.8, 4) is 0 Å². The van der Waals surface area contributed by atoms with E-state index in [0.717, 1.165) is 16.2 Å². The third-order valence-corrected chi connectivity index (χ3v) is 7.56. The van der Waals surface area contributed by atoms with Crippen molar-refractivity contribution in [2.75, 3.05) is 9.80 Å². The van der Waals surface area contributed by atoms with Crippen LogP contribution >= 0.6 is 0 Å². The Kier molecular flexibility index (Phi) is 5.30. The molecular formula is C29H21N3O6. The van der Waals surface area contributed by atoms with Crippen LogP contribution in [-0.4, -0.2) is 40.4 Å². The number of fused-ring (bicyclic) bond motifs is 5. The minimum absolute atomic E-state index is 0.0974. The summed E-state index contributed by atoms with van der Waals surface area (Å²) < 4.78 is 0. The summed E-state index contributed by atoms with van der Waals surface area (Å²) in [5, 5.41) is 11.4. The molecule has 2 amide bonds.